The number of halogens is 2. The van der Waals surface area contributed by atoms with Crippen molar-refractivity contribution in [3.63, 3.8) is 0 Å². The first-order valence-electron chi connectivity index (χ1n) is 20.5. The monoisotopic (exact) mass is 906 g/mol. The summed E-state index contributed by atoms with van der Waals surface area (Å²) >= 11 is 16.1. The lowest BCUT2D eigenvalue weighted by molar-refractivity contribution is 0.0792. The molecule has 316 valence electrons. The molecule has 6 aromatic heterocycles. The molecule has 16 heteroatoms. The van der Waals surface area contributed by atoms with Crippen LogP contribution in [0.3, 0.4) is 0 Å². The number of nitrogens with zero attached hydrogens (tertiary/aromatic N) is 5. The van der Waals surface area contributed by atoms with E-state index in [1.54, 1.807) is 23.7 Å². The predicted octanol–water partition coefficient (Wildman–Crippen LogP) is 9.35. The Kier molecular flexibility index (Phi) is 10.1. The number of rotatable bonds is 6. The summed E-state index contributed by atoms with van der Waals surface area (Å²) < 4.78 is 26.8. The molecule has 4 aliphatic rings. The summed E-state index contributed by atoms with van der Waals surface area (Å²) in [5, 5.41) is 32.5. The van der Waals surface area contributed by atoms with E-state index in [2.05, 4.69) is 44.5 Å². The maximum Gasteiger partial charge on any atom is 0.185 e. The van der Waals surface area contributed by atoms with Crippen molar-refractivity contribution in [1.29, 1.82) is 0 Å². The molecule has 12 rings (SSSR count). The van der Waals surface area contributed by atoms with E-state index in [4.69, 9.17) is 41.7 Å². The summed E-state index contributed by atoms with van der Waals surface area (Å²) in [6.07, 6.45) is 6.45. The van der Waals surface area contributed by atoms with Gasteiger partial charge in [-0.25, -0.2) is 0 Å². The van der Waals surface area contributed by atoms with Gasteiger partial charge >= 0.3 is 0 Å². The molecule has 0 radical (unpaired) electrons. The number of aliphatic hydroxyl groups excluding tert-OH is 2. The summed E-state index contributed by atoms with van der Waals surface area (Å²) in [6.45, 7) is 5.50. The molecule has 10 heterocycles. The summed E-state index contributed by atoms with van der Waals surface area (Å²) in [5.74, 6) is 3.24. The van der Waals surface area contributed by atoms with Crippen LogP contribution < -0.4 is 14.8 Å². The molecular weight excluding hydrogens is 868 g/mol. The fraction of sp³-hybridized carbons (Fsp3) is 0.304. The van der Waals surface area contributed by atoms with E-state index in [-0.39, 0.29) is 19.3 Å². The molecule has 62 heavy (non-hydrogen) atoms. The lowest BCUT2D eigenvalue weighted by Gasteiger charge is -2.24. The second-order valence-corrected chi connectivity index (χ2v) is 19.6. The molecular formula is C46H40Cl2N6O6S2. The summed E-state index contributed by atoms with van der Waals surface area (Å²) in [4.78, 5) is 13.0. The number of hydrogen-bond donors (Lipinski definition) is 3. The van der Waals surface area contributed by atoms with Crippen molar-refractivity contribution in [2.24, 2.45) is 0 Å². The van der Waals surface area contributed by atoms with Gasteiger partial charge in [-0.15, -0.1) is 22.7 Å². The fourth-order valence-corrected chi connectivity index (χ4v) is 11.7. The molecule has 0 spiro atoms. The first kappa shape index (κ1) is 39.9. The zero-order valence-corrected chi connectivity index (χ0v) is 36.9. The van der Waals surface area contributed by atoms with E-state index in [0.717, 1.165) is 148 Å². The third kappa shape index (κ3) is 6.88. The normalized spacial score (nSPS) is 19.1. The average molecular weight is 908 g/mol. The minimum Gasteiger partial charge on any atom is -0.481 e. The van der Waals surface area contributed by atoms with Gasteiger partial charge < -0.3 is 38.9 Å². The highest BCUT2D eigenvalue weighted by molar-refractivity contribution is 7.20. The number of fused-ring (bicyclic) bond motifs is 6. The fourth-order valence-electron chi connectivity index (χ4n) is 9.26. The first-order chi connectivity index (χ1) is 30.2. The van der Waals surface area contributed by atoms with Crippen LogP contribution in [0.1, 0.15) is 67.9 Å². The van der Waals surface area contributed by atoms with E-state index < -0.39 is 5.60 Å². The van der Waals surface area contributed by atoms with Gasteiger partial charge in [0.2, 0.25) is 0 Å². The second-order valence-electron chi connectivity index (χ2n) is 16.4. The number of benzene rings is 2. The Hall–Kier alpha value is -4.90. The highest BCUT2D eigenvalue weighted by Gasteiger charge is 2.44. The van der Waals surface area contributed by atoms with E-state index in [1.807, 2.05) is 48.5 Å². The second kappa shape index (κ2) is 15.7. The Morgan fingerprint density at radius 1 is 0.806 bits per heavy atom. The molecule has 2 atom stereocenters. The lowest BCUT2D eigenvalue weighted by atomic mass is 9.91. The maximum atomic E-state index is 9.59. The predicted molar refractivity (Wildman–Crippen MR) is 239 cm³/mol. The van der Waals surface area contributed by atoms with Crippen molar-refractivity contribution < 1.29 is 28.7 Å². The van der Waals surface area contributed by atoms with Gasteiger partial charge in [0.15, 0.2) is 23.2 Å². The van der Waals surface area contributed by atoms with Gasteiger partial charge in [-0.3, -0.25) is 9.97 Å². The molecule has 0 amide bonds. The number of hydrogen-bond acceptors (Lipinski definition) is 14. The molecule has 0 fully saturated rings. The van der Waals surface area contributed by atoms with E-state index in [0.29, 0.717) is 22.9 Å². The number of nitrogens with one attached hydrogen (secondary N) is 1. The van der Waals surface area contributed by atoms with Crippen molar-refractivity contribution in [3.05, 3.63) is 126 Å². The number of aromatic nitrogens is 4. The van der Waals surface area contributed by atoms with Crippen LogP contribution >= 0.6 is 45.9 Å². The van der Waals surface area contributed by atoms with Crippen LogP contribution in [0, 0.1) is 0 Å². The van der Waals surface area contributed by atoms with Crippen molar-refractivity contribution in [3.8, 4) is 33.8 Å². The Morgan fingerprint density at radius 3 is 2.15 bits per heavy atom. The van der Waals surface area contributed by atoms with Crippen molar-refractivity contribution >= 4 is 66.3 Å². The minimum absolute atomic E-state index is 0.00224. The molecule has 0 saturated heterocycles. The molecule has 3 N–H and O–H groups in total. The van der Waals surface area contributed by atoms with Gasteiger partial charge in [0, 0.05) is 129 Å². The van der Waals surface area contributed by atoms with Crippen LogP contribution in [-0.4, -0.2) is 55.5 Å². The smallest absolute Gasteiger partial charge is 0.185 e. The van der Waals surface area contributed by atoms with Crippen LogP contribution in [0.2, 0.25) is 10.0 Å². The third-order valence-corrected chi connectivity index (χ3v) is 14.9. The molecule has 0 bridgehead atoms. The molecule has 0 saturated carbocycles. The summed E-state index contributed by atoms with van der Waals surface area (Å²) in [7, 11) is 2.11. The molecule has 2 unspecified atom stereocenters. The molecule has 2 aromatic carbocycles. The number of aliphatic hydroxyl groups is 2. The van der Waals surface area contributed by atoms with Gasteiger partial charge in [0.25, 0.3) is 0 Å². The molecule has 0 aliphatic carbocycles. The van der Waals surface area contributed by atoms with Crippen LogP contribution in [0.4, 0.5) is 0 Å². The van der Waals surface area contributed by atoms with Gasteiger partial charge in [0.05, 0.1) is 45.0 Å². The largest absolute Gasteiger partial charge is 0.481 e. The number of pyridine rings is 2. The van der Waals surface area contributed by atoms with Crippen molar-refractivity contribution in [2.75, 3.05) is 20.1 Å². The van der Waals surface area contributed by atoms with E-state index in [9.17, 15) is 10.2 Å². The van der Waals surface area contributed by atoms with Crippen molar-refractivity contribution in [1.82, 2.24) is 30.5 Å². The Labute approximate surface area is 374 Å². The van der Waals surface area contributed by atoms with Crippen LogP contribution in [0.15, 0.2) is 70.0 Å². The Morgan fingerprint density at radius 2 is 1.45 bits per heavy atom. The van der Waals surface area contributed by atoms with E-state index >= 15 is 0 Å². The van der Waals surface area contributed by atoms with Crippen molar-refractivity contribution in [2.45, 2.75) is 70.6 Å². The highest BCUT2D eigenvalue weighted by Crippen LogP contribution is 2.51. The quantitative estimate of drug-likeness (QED) is 0.146. The zero-order valence-electron chi connectivity index (χ0n) is 33.8. The summed E-state index contributed by atoms with van der Waals surface area (Å²) in [5.41, 5.74) is 11.3. The van der Waals surface area contributed by atoms with E-state index in [1.165, 1.54) is 11.3 Å². The van der Waals surface area contributed by atoms with Gasteiger partial charge in [-0.05, 0) is 62.5 Å². The molecule has 4 aliphatic heterocycles. The topological polar surface area (TPSA) is 152 Å². The number of ether oxygens (including phenoxy) is 2. The number of likely N-dealkylation sites (N-methyl/N-ethyl adjacent to an activating group) is 1. The Bertz CT molecular complexity index is 3050. The standard InChI is InChI=1S/2C23H20ClN3O3S/c1-23(22-17-10-25-4-3-18(17)27-30-22)9-12-6-13(24)7-16(20(12)29-23)15-2-5-26-19-8-14(11-28)31-21(15)19;1-27-5-3-18-17(10-27)22(30-26-18)20-7-12-6-13(24)8-16(21(12)29-20)15-2-4-25-19-9-14(11-28)31-23(15)19/h2,5-8,25,28H,3-4,9-11H2,1H3;2,4,6,8-9,20,28H,3,5,7,10-11H2,1H3. The van der Waals surface area contributed by atoms with Crippen LogP contribution in [0.25, 0.3) is 42.7 Å². The van der Waals surface area contributed by atoms with Crippen LogP contribution in [0.5, 0.6) is 11.5 Å². The molecule has 12 nitrogen and oxygen atoms in total. The SMILES string of the molecule is CC1(c2onc3c2CNCC3)Cc2cc(Cl)cc(-c3ccnc4cc(CO)sc34)c2O1.CN1CCc2noc(C3Cc4cc(Cl)cc(-c5ccnc6cc(CO)sc56)c4O3)c2C1. The highest BCUT2D eigenvalue weighted by atomic mass is 35.5. The maximum absolute atomic E-state index is 9.59. The Balaban J connectivity index is 0.000000139. The molecule has 8 aromatic rings. The summed E-state index contributed by atoms with van der Waals surface area (Å²) in [6, 6.07) is 15.6. The zero-order chi connectivity index (χ0) is 42.3. The average Bonchev–Trinajstić information content (AvgIpc) is 4.13. The van der Waals surface area contributed by atoms with Gasteiger partial charge in [-0.1, -0.05) is 33.5 Å². The lowest BCUT2D eigenvalue weighted by Crippen LogP contribution is -2.31. The van der Waals surface area contributed by atoms with Gasteiger partial charge in [-0.2, -0.15) is 0 Å². The minimum atomic E-state index is -0.654. The first-order valence-corrected chi connectivity index (χ1v) is 22.9. The third-order valence-electron chi connectivity index (χ3n) is 12.1. The van der Waals surface area contributed by atoms with Gasteiger partial charge in [0.1, 0.15) is 11.5 Å². The van der Waals surface area contributed by atoms with Crippen LogP contribution in [-0.2, 0) is 57.6 Å². The number of thiophene rings is 2.